The standard InChI is InChI=1S/C25H28N4O2/c1-29(18-22-13-16-26-28-22)24(31)12-15-25(14-11-23(30)27-25)17-19-7-9-21(10-8-19)20-5-3-2-4-6-20/h2-10,13,16H,11-12,14-15,17-18H2,1H3,(H,26,28)(H,27,30)/t25-/m0/s1. The van der Waals surface area contributed by atoms with E-state index in [1.165, 1.54) is 16.7 Å². The van der Waals surface area contributed by atoms with Crippen LogP contribution in [-0.4, -0.2) is 39.5 Å². The molecule has 2 heterocycles. The first-order valence-electron chi connectivity index (χ1n) is 10.7. The van der Waals surface area contributed by atoms with Gasteiger partial charge in [0.05, 0.1) is 12.2 Å². The molecule has 160 valence electrons. The molecule has 2 amide bonds. The Bertz CT molecular complexity index is 1020. The van der Waals surface area contributed by atoms with Crippen molar-refractivity contribution in [2.75, 3.05) is 7.05 Å². The average molecular weight is 417 g/mol. The number of H-pyrrole nitrogens is 1. The zero-order valence-electron chi connectivity index (χ0n) is 17.8. The van der Waals surface area contributed by atoms with Crippen LogP contribution in [0.5, 0.6) is 0 Å². The van der Waals surface area contributed by atoms with Crippen LogP contribution in [0.3, 0.4) is 0 Å². The van der Waals surface area contributed by atoms with E-state index in [1.807, 2.05) is 24.3 Å². The molecule has 6 heteroatoms. The number of carbonyl (C=O) groups excluding carboxylic acids is 2. The first kappa shape index (κ1) is 20.8. The number of hydrogen-bond acceptors (Lipinski definition) is 3. The largest absolute Gasteiger partial charge is 0.350 e. The second kappa shape index (κ2) is 9.16. The number of amides is 2. The molecule has 0 aliphatic carbocycles. The van der Waals surface area contributed by atoms with E-state index in [9.17, 15) is 9.59 Å². The topological polar surface area (TPSA) is 78.1 Å². The fourth-order valence-corrected chi connectivity index (χ4v) is 4.27. The molecule has 1 atom stereocenters. The van der Waals surface area contributed by atoms with Crippen LogP contribution in [0, 0.1) is 0 Å². The molecule has 1 aromatic heterocycles. The van der Waals surface area contributed by atoms with E-state index in [1.54, 1.807) is 18.1 Å². The van der Waals surface area contributed by atoms with Crippen molar-refractivity contribution in [2.45, 2.75) is 44.2 Å². The summed E-state index contributed by atoms with van der Waals surface area (Å²) < 4.78 is 0. The van der Waals surface area contributed by atoms with E-state index >= 15 is 0 Å². The maximum absolute atomic E-state index is 12.7. The number of hydrogen-bond donors (Lipinski definition) is 2. The fourth-order valence-electron chi connectivity index (χ4n) is 4.27. The van der Waals surface area contributed by atoms with Crippen molar-refractivity contribution in [3.05, 3.63) is 78.1 Å². The van der Waals surface area contributed by atoms with Gasteiger partial charge in [0, 0.05) is 31.6 Å². The molecule has 0 saturated carbocycles. The Balaban J connectivity index is 1.41. The lowest BCUT2D eigenvalue weighted by Crippen LogP contribution is -2.44. The van der Waals surface area contributed by atoms with E-state index in [-0.39, 0.29) is 17.4 Å². The van der Waals surface area contributed by atoms with Gasteiger partial charge in [-0.15, -0.1) is 0 Å². The predicted octanol–water partition coefficient (Wildman–Crippen LogP) is 3.71. The van der Waals surface area contributed by atoms with Crippen LogP contribution in [-0.2, 0) is 22.6 Å². The second-order valence-corrected chi connectivity index (χ2v) is 8.40. The molecule has 1 saturated heterocycles. The van der Waals surface area contributed by atoms with Gasteiger partial charge in [0.2, 0.25) is 11.8 Å². The van der Waals surface area contributed by atoms with Gasteiger partial charge in [-0.05, 0) is 42.0 Å². The zero-order chi connectivity index (χ0) is 21.7. The lowest BCUT2D eigenvalue weighted by Gasteiger charge is -2.30. The lowest BCUT2D eigenvalue weighted by molar-refractivity contribution is -0.131. The third-order valence-corrected chi connectivity index (χ3v) is 6.05. The van der Waals surface area contributed by atoms with E-state index in [2.05, 4.69) is 51.9 Å². The van der Waals surface area contributed by atoms with Gasteiger partial charge < -0.3 is 10.2 Å². The number of aromatic amines is 1. The van der Waals surface area contributed by atoms with Gasteiger partial charge in [0.25, 0.3) is 0 Å². The minimum Gasteiger partial charge on any atom is -0.350 e. The van der Waals surface area contributed by atoms with Gasteiger partial charge in [-0.3, -0.25) is 14.7 Å². The van der Waals surface area contributed by atoms with Crippen molar-refractivity contribution >= 4 is 11.8 Å². The van der Waals surface area contributed by atoms with Crippen LogP contribution < -0.4 is 5.32 Å². The van der Waals surface area contributed by atoms with Gasteiger partial charge in [-0.25, -0.2) is 0 Å². The van der Waals surface area contributed by atoms with Crippen LogP contribution in [0.1, 0.15) is 36.9 Å². The van der Waals surface area contributed by atoms with Crippen molar-refractivity contribution in [2.24, 2.45) is 0 Å². The molecule has 0 unspecified atom stereocenters. The quantitative estimate of drug-likeness (QED) is 0.588. The summed E-state index contributed by atoms with van der Waals surface area (Å²) in [5, 5.41) is 9.98. The Hall–Kier alpha value is -3.41. The molecule has 0 bridgehead atoms. The Kier molecular flexibility index (Phi) is 6.16. The minimum absolute atomic E-state index is 0.0644. The van der Waals surface area contributed by atoms with Crippen LogP contribution in [0.4, 0.5) is 0 Å². The molecule has 1 aliphatic heterocycles. The normalized spacial score (nSPS) is 18.0. The summed E-state index contributed by atoms with van der Waals surface area (Å²) in [6, 6.07) is 20.6. The molecule has 2 aromatic carbocycles. The van der Waals surface area contributed by atoms with Crippen LogP contribution in [0.2, 0.25) is 0 Å². The third kappa shape index (κ3) is 5.20. The molecule has 6 nitrogen and oxygen atoms in total. The minimum atomic E-state index is -0.365. The average Bonchev–Trinajstić information content (AvgIpc) is 3.43. The zero-order valence-corrected chi connectivity index (χ0v) is 17.8. The van der Waals surface area contributed by atoms with Crippen molar-refractivity contribution < 1.29 is 9.59 Å². The van der Waals surface area contributed by atoms with E-state index < -0.39 is 0 Å². The highest BCUT2D eigenvalue weighted by molar-refractivity contribution is 5.80. The lowest BCUT2D eigenvalue weighted by atomic mass is 9.84. The smallest absolute Gasteiger partial charge is 0.222 e. The summed E-state index contributed by atoms with van der Waals surface area (Å²) in [7, 11) is 1.80. The first-order valence-corrected chi connectivity index (χ1v) is 10.7. The fraction of sp³-hybridized carbons (Fsp3) is 0.320. The predicted molar refractivity (Wildman–Crippen MR) is 120 cm³/mol. The SMILES string of the molecule is CN(Cc1ccn[nH]1)C(=O)CC[C@]1(Cc2ccc(-c3ccccc3)cc2)CCC(=O)N1. The number of rotatable bonds is 8. The number of aromatic nitrogens is 2. The van der Waals surface area contributed by atoms with Gasteiger partial charge in [-0.2, -0.15) is 5.10 Å². The Morgan fingerprint density at radius 2 is 1.81 bits per heavy atom. The monoisotopic (exact) mass is 416 g/mol. The van der Waals surface area contributed by atoms with Gasteiger partial charge in [0.15, 0.2) is 0 Å². The Labute approximate surface area is 182 Å². The highest BCUT2D eigenvalue weighted by Crippen LogP contribution is 2.30. The van der Waals surface area contributed by atoms with Crippen molar-refractivity contribution in [3.63, 3.8) is 0 Å². The van der Waals surface area contributed by atoms with Crippen LogP contribution in [0.15, 0.2) is 66.9 Å². The van der Waals surface area contributed by atoms with E-state index in [0.29, 0.717) is 25.8 Å². The number of benzene rings is 2. The second-order valence-electron chi connectivity index (χ2n) is 8.40. The van der Waals surface area contributed by atoms with E-state index in [4.69, 9.17) is 0 Å². The molecule has 1 fully saturated rings. The van der Waals surface area contributed by atoms with E-state index in [0.717, 1.165) is 18.5 Å². The molecule has 0 spiro atoms. The van der Waals surface area contributed by atoms with Gasteiger partial charge >= 0.3 is 0 Å². The molecule has 0 radical (unpaired) electrons. The van der Waals surface area contributed by atoms with Gasteiger partial charge in [-0.1, -0.05) is 54.6 Å². The molecular formula is C25H28N4O2. The molecule has 2 N–H and O–H groups in total. The highest BCUT2D eigenvalue weighted by Gasteiger charge is 2.38. The summed E-state index contributed by atoms with van der Waals surface area (Å²) in [6.07, 6.45) is 4.70. The summed E-state index contributed by atoms with van der Waals surface area (Å²) in [5.41, 5.74) is 4.06. The Morgan fingerprint density at radius 1 is 1.06 bits per heavy atom. The van der Waals surface area contributed by atoms with Crippen molar-refractivity contribution in [1.82, 2.24) is 20.4 Å². The van der Waals surface area contributed by atoms with Crippen LogP contribution >= 0.6 is 0 Å². The van der Waals surface area contributed by atoms with Crippen molar-refractivity contribution in [3.8, 4) is 11.1 Å². The summed E-state index contributed by atoms with van der Waals surface area (Å²) in [4.78, 5) is 26.4. The summed E-state index contributed by atoms with van der Waals surface area (Å²) >= 11 is 0. The number of nitrogens with one attached hydrogen (secondary N) is 2. The number of carbonyl (C=O) groups is 2. The molecule has 31 heavy (non-hydrogen) atoms. The Morgan fingerprint density at radius 3 is 2.45 bits per heavy atom. The van der Waals surface area contributed by atoms with Crippen molar-refractivity contribution in [1.29, 1.82) is 0 Å². The molecule has 4 rings (SSSR count). The summed E-state index contributed by atoms with van der Waals surface area (Å²) in [6.45, 7) is 0.499. The molecular weight excluding hydrogens is 388 g/mol. The number of nitrogens with zero attached hydrogens (tertiary/aromatic N) is 2. The van der Waals surface area contributed by atoms with Crippen LogP contribution in [0.25, 0.3) is 11.1 Å². The maximum Gasteiger partial charge on any atom is 0.222 e. The highest BCUT2D eigenvalue weighted by atomic mass is 16.2. The third-order valence-electron chi connectivity index (χ3n) is 6.05. The van der Waals surface area contributed by atoms with Gasteiger partial charge in [0.1, 0.15) is 0 Å². The maximum atomic E-state index is 12.7. The first-order chi connectivity index (χ1) is 15.0. The summed E-state index contributed by atoms with van der Waals surface area (Å²) in [5.74, 6) is 0.133. The molecule has 1 aliphatic rings. The molecule has 3 aromatic rings.